The first-order valence-corrected chi connectivity index (χ1v) is 12.7. The molecule has 1 atom stereocenters. The first kappa shape index (κ1) is 26.9. The number of carbonyl (C=O) groups excluding carboxylic acids is 1. The summed E-state index contributed by atoms with van der Waals surface area (Å²) in [5, 5.41) is 28.9. The highest BCUT2D eigenvalue weighted by atomic mass is 35.5. The Balaban J connectivity index is 0.00000323. The van der Waals surface area contributed by atoms with Gasteiger partial charge in [0.25, 0.3) is 5.91 Å². The first-order chi connectivity index (χ1) is 19.0. The number of piperazine rings is 1. The fourth-order valence-corrected chi connectivity index (χ4v) is 4.99. The van der Waals surface area contributed by atoms with E-state index in [0.29, 0.717) is 37.3 Å². The number of fused-ring (bicyclic) bond motifs is 1. The highest BCUT2D eigenvalue weighted by molar-refractivity contribution is 5.87. The molecule has 5 heterocycles. The van der Waals surface area contributed by atoms with Crippen LogP contribution in [0.15, 0.2) is 79.5 Å². The zero-order chi connectivity index (χ0) is 26.9. The number of rotatable bonds is 5. The van der Waals surface area contributed by atoms with Crippen LogP contribution in [0.2, 0.25) is 0 Å². The molecule has 4 aromatic heterocycles. The molecule has 6 rings (SSSR count). The summed E-state index contributed by atoms with van der Waals surface area (Å²) >= 11 is 0. The average molecular weight is 555 g/mol. The van der Waals surface area contributed by atoms with Crippen molar-refractivity contribution in [1.82, 2.24) is 29.3 Å². The van der Waals surface area contributed by atoms with Crippen molar-refractivity contribution in [3.8, 4) is 28.3 Å². The number of anilines is 1. The lowest BCUT2D eigenvalue weighted by Gasteiger charge is -2.36. The number of amides is 1. The number of halogens is 1. The molecule has 1 amide bonds. The zero-order valence-electron chi connectivity index (χ0n) is 21.8. The molecule has 11 heteroatoms. The van der Waals surface area contributed by atoms with Gasteiger partial charge in [0.05, 0.1) is 23.5 Å². The van der Waals surface area contributed by atoms with Crippen molar-refractivity contribution in [1.29, 1.82) is 5.26 Å². The predicted molar refractivity (Wildman–Crippen MR) is 153 cm³/mol. The van der Waals surface area contributed by atoms with Crippen molar-refractivity contribution in [2.45, 2.75) is 6.10 Å². The van der Waals surface area contributed by atoms with E-state index >= 15 is 0 Å². The van der Waals surface area contributed by atoms with Crippen LogP contribution in [-0.2, 0) is 11.8 Å². The lowest BCUT2D eigenvalue weighted by Crippen LogP contribution is -2.50. The van der Waals surface area contributed by atoms with Crippen LogP contribution in [0.4, 0.5) is 5.82 Å². The Kier molecular flexibility index (Phi) is 7.51. The minimum Gasteiger partial charge on any atom is -0.378 e. The number of aryl methyl sites for hydroxylation is 1. The van der Waals surface area contributed by atoms with Gasteiger partial charge in [-0.3, -0.25) is 9.48 Å². The van der Waals surface area contributed by atoms with E-state index in [4.69, 9.17) is 4.98 Å². The van der Waals surface area contributed by atoms with Gasteiger partial charge in [-0.1, -0.05) is 30.3 Å². The molecule has 1 aliphatic heterocycles. The lowest BCUT2D eigenvalue weighted by molar-refractivity contribution is -0.140. The Labute approximate surface area is 237 Å². The molecule has 1 saturated heterocycles. The van der Waals surface area contributed by atoms with E-state index in [9.17, 15) is 15.2 Å². The largest absolute Gasteiger partial charge is 0.378 e. The van der Waals surface area contributed by atoms with Gasteiger partial charge in [0.2, 0.25) is 0 Å². The molecular formula is C29H27ClN8O2. The first-order valence-electron chi connectivity index (χ1n) is 12.7. The van der Waals surface area contributed by atoms with Crippen molar-refractivity contribution < 1.29 is 9.90 Å². The summed E-state index contributed by atoms with van der Waals surface area (Å²) in [7, 11) is 1.87. The molecule has 0 saturated carbocycles. The topological polar surface area (TPSA) is 116 Å². The van der Waals surface area contributed by atoms with Gasteiger partial charge in [-0.25, -0.2) is 9.50 Å². The molecule has 40 heavy (non-hydrogen) atoms. The highest BCUT2D eigenvalue weighted by Crippen LogP contribution is 2.32. The van der Waals surface area contributed by atoms with E-state index in [1.165, 1.54) is 0 Å². The van der Waals surface area contributed by atoms with Crippen LogP contribution >= 0.6 is 12.4 Å². The summed E-state index contributed by atoms with van der Waals surface area (Å²) in [6, 6.07) is 17.2. The molecule has 1 aromatic carbocycles. The molecule has 0 aliphatic carbocycles. The van der Waals surface area contributed by atoms with E-state index in [-0.39, 0.29) is 18.3 Å². The summed E-state index contributed by atoms with van der Waals surface area (Å²) in [6.45, 7) is 2.23. The second-order valence-corrected chi connectivity index (χ2v) is 9.54. The van der Waals surface area contributed by atoms with Gasteiger partial charge >= 0.3 is 0 Å². The van der Waals surface area contributed by atoms with Crippen LogP contribution in [0.25, 0.3) is 27.8 Å². The monoisotopic (exact) mass is 554 g/mol. The number of hydrogen-bond donors (Lipinski definition) is 1. The summed E-state index contributed by atoms with van der Waals surface area (Å²) < 4.78 is 3.47. The molecule has 1 N–H and O–H groups in total. The molecule has 1 aliphatic rings. The number of benzene rings is 1. The van der Waals surface area contributed by atoms with Gasteiger partial charge in [0.1, 0.15) is 11.9 Å². The van der Waals surface area contributed by atoms with Crippen LogP contribution in [-0.4, -0.2) is 66.5 Å². The predicted octanol–water partition coefficient (Wildman–Crippen LogP) is 3.47. The van der Waals surface area contributed by atoms with E-state index in [1.807, 2.05) is 62.0 Å². The number of carbonyl (C=O) groups is 1. The standard InChI is InChI=1S/C29H26N8O2.ClH/c1-34-18-24(17-32-34)22-13-25(27-23(14-30)16-33-37(27)19-22)21-7-8-26(31-15-21)35-9-11-36(12-10-35)29(39)28(38)20-5-3-2-4-6-20;/h2-8,13,15-19,28,38H,9-12H2,1H3;1H/t28-;/m1./s1. The number of hydrogen-bond acceptors (Lipinski definition) is 7. The van der Waals surface area contributed by atoms with Gasteiger partial charge in [0.15, 0.2) is 6.10 Å². The zero-order valence-corrected chi connectivity index (χ0v) is 22.6. The summed E-state index contributed by atoms with van der Waals surface area (Å²) in [6.07, 6.45) is 7.85. The minimum atomic E-state index is -1.16. The Bertz CT molecular complexity index is 1680. The van der Waals surface area contributed by atoms with Crippen LogP contribution in [0.1, 0.15) is 17.2 Å². The average Bonchev–Trinajstić information content (AvgIpc) is 3.62. The van der Waals surface area contributed by atoms with Gasteiger partial charge in [-0.2, -0.15) is 15.5 Å². The van der Waals surface area contributed by atoms with Crippen molar-refractivity contribution >= 4 is 29.6 Å². The van der Waals surface area contributed by atoms with Gasteiger partial charge in [0, 0.05) is 74.1 Å². The van der Waals surface area contributed by atoms with E-state index < -0.39 is 6.10 Å². The van der Waals surface area contributed by atoms with Crippen molar-refractivity contribution in [3.63, 3.8) is 0 Å². The third kappa shape index (κ3) is 5.00. The lowest BCUT2D eigenvalue weighted by atomic mass is 10.0. The number of aromatic nitrogens is 5. The SMILES string of the molecule is Cl.Cn1cc(-c2cc(-c3ccc(N4CCN(C(=O)[C@H](O)c5ccccc5)CC4)nc3)c3c(C#N)cnn3c2)cn1. The smallest absolute Gasteiger partial charge is 0.256 e. The summed E-state index contributed by atoms with van der Waals surface area (Å²) in [5.74, 6) is 0.527. The maximum atomic E-state index is 12.8. The quantitative estimate of drug-likeness (QED) is 0.353. The number of nitriles is 1. The molecule has 0 spiro atoms. The maximum Gasteiger partial charge on any atom is 0.256 e. The number of aliphatic hydroxyl groups excluding tert-OH is 1. The van der Waals surface area contributed by atoms with Gasteiger partial charge < -0.3 is 14.9 Å². The molecule has 202 valence electrons. The van der Waals surface area contributed by atoms with Crippen molar-refractivity contribution in [2.75, 3.05) is 31.1 Å². The minimum absolute atomic E-state index is 0. The van der Waals surface area contributed by atoms with Crippen LogP contribution in [0.5, 0.6) is 0 Å². The molecule has 10 nitrogen and oxygen atoms in total. The third-order valence-electron chi connectivity index (χ3n) is 7.09. The van der Waals surface area contributed by atoms with Gasteiger partial charge in [-0.15, -0.1) is 12.4 Å². The molecule has 0 radical (unpaired) electrons. The maximum absolute atomic E-state index is 12.8. The Morgan fingerprint density at radius 2 is 1.73 bits per heavy atom. The number of aliphatic hydroxyl groups is 1. The Hall–Kier alpha value is -4.72. The van der Waals surface area contributed by atoms with Crippen LogP contribution in [0, 0.1) is 11.3 Å². The second-order valence-electron chi connectivity index (χ2n) is 9.54. The fraction of sp³-hybridized carbons (Fsp3) is 0.207. The summed E-state index contributed by atoms with van der Waals surface area (Å²) in [4.78, 5) is 21.4. The van der Waals surface area contributed by atoms with E-state index in [0.717, 1.165) is 33.6 Å². The molecule has 0 bridgehead atoms. The van der Waals surface area contributed by atoms with Crippen molar-refractivity contribution in [3.05, 3.63) is 90.6 Å². The van der Waals surface area contributed by atoms with Crippen LogP contribution < -0.4 is 4.90 Å². The normalized spacial score (nSPS) is 14.0. The van der Waals surface area contributed by atoms with E-state index in [2.05, 4.69) is 21.2 Å². The van der Waals surface area contributed by atoms with Crippen LogP contribution in [0.3, 0.4) is 0 Å². The molecule has 0 unspecified atom stereocenters. The number of nitrogens with zero attached hydrogens (tertiary/aromatic N) is 8. The molecule has 1 fully saturated rings. The highest BCUT2D eigenvalue weighted by Gasteiger charge is 2.27. The molecule has 5 aromatic rings. The number of pyridine rings is 2. The summed E-state index contributed by atoms with van der Waals surface area (Å²) in [5.41, 5.74) is 5.42. The Morgan fingerprint density at radius 3 is 2.38 bits per heavy atom. The fourth-order valence-electron chi connectivity index (χ4n) is 4.99. The van der Waals surface area contributed by atoms with Gasteiger partial charge in [-0.05, 0) is 23.8 Å². The second kappa shape index (κ2) is 11.2. The van der Waals surface area contributed by atoms with Crippen molar-refractivity contribution in [2.24, 2.45) is 7.05 Å². The molecular weight excluding hydrogens is 528 g/mol. The third-order valence-corrected chi connectivity index (χ3v) is 7.09. The van der Waals surface area contributed by atoms with E-state index in [1.54, 1.807) is 38.6 Å². The Morgan fingerprint density at radius 1 is 0.950 bits per heavy atom.